The summed E-state index contributed by atoms with van der Waals surface area (Å²) in [5.74, 6) is 0.754. The molecule has 2 unspecified atom stereocenters. The van der Waals surface area contributed by atoms with Gasteiger partial charge in [0.15, 0.2) is 0 Å². The summed E-state index contributed by atoms with van der Waals surface area (Å²) in [6.07, 6.45) is 3.59. The van der Waals surface area contributed by atoms with E-state index in [0.717, 1.165) is 32.1 Å². The van der Waals surface area contributed by atoms with Gasteiger partial charge >= 0.3 is 0 Å². The second-order valence-corrected chi connectivity index (χ2v) is 4.49. The Morgan fingerprint density at radius 1 is 1.57 bits per heavy atom. The molecule has 0 aromatic carbocycles. The van der Waals surface area contributed by atoms with Crippen LogP contribution in [0.4, 0.5) is 0 Å². The third kappa shape index (κ3) is 3.95. The van der Waals surface area contributed by atoms with Gasteiger partial charge in [0.05, 0.1) is 6.61 Å². The summed E-state index contributed by atoms with van der Waals surface area (Å²) in [6.45, 7) is 6.16. The number of likely N-dealkylation sites (N-methyl/N-ethyl adjacent to an activating group) is 1. The molecule has 0 spiro atoms. The van der Waals surface area contributed by atoms with E-state index in [1.54, 1.807) is 0 Å². The minimum Gasteiger partial charge on any atom is -0.380 e. The minimum atomic E-state index is 0.648. The maximum Gasteiger partial charge on any atom is 0.0622 e. The molecule has 14 heavy (non-hydrogen) atoms. The van der Waals surface area contributed by atoms with Crippen LogP contribution in [0.15, 0.2) is 0 Å². The van der Waals surface area contributed by atoms with Gasteiger partial charge in [0, 0.05) is 19.2 Å². The van der Waals surface area contributed by atoms with Crippen LogP contribution in [0.1, 0.15) is 26.2 Å². The highest BCUT2D eigenvalue weighted by molar-refractivity contribution is 4.74. The zero-order valence-electron chi connectivity index (χ0n) is 9.54. The van der Waals surface area contributed by atoms with E-state index in [2.05, 4.69) is 18.9 Å². The van der Waals surface area contributed by atoms with Crippen LogP contribution in [-0.2, 0) is 4.74 Å². The van der Waals surface area contributed by atoms with E-state index in [-0.39, 0.29) is 0 Å². The van der Waals surface area contributed by atoms with Gasteiger partial charge in [0.25, 0.3) is 0 Å². The van der Waals surface area contributed by atoms with Gasteiger partial charge in [-0.3, -0.25) is 0 Å². The first kappa shape index (κ1) is 12.0. The molecule has 1 heterocycles. The van der Waals surface area contributed by atoms with Crippen molar-refractivity contribution in [1.82, 2.24) is 4.90 Å². The molecule has 0 aromatic rings. The number of hydrogen-bond acceptors (Lipinski definition) is 3. The fraction of sp³-hybridized carbons (Fsp3) is 1.00. The summed E-state index contributed by atoms with van der Waals surface area (Å²) in [5.41, 5.74) is 5.50. The first-order valence-corrected chi connectivity index (χ1v) is 5.72. The third-order valence-corrected chi connectivity index (χ3v) is 3.03. The molecule has 1 aliphatic heterocycles. The monoisotopic (exact) mass is 200 g/mol. The Kier molecular flexibility index (Phi) is 5.45. The molecule has 2 N–H and O–H groups in total. The molecule has 0 radical (unpaired) electrons. The van der Waals surface area contributed by atoms with Crippen molar-refractivity contribution in [3.8, 4) is 0 Å². The molecule has 3 nitrogen and oxygen atoms in total. The Labute approximate surface area is 87.6 Å². The van der Waals surface area contributed by atoms with E-state index in [4.69, 9.17) is 10.5 Å². The first-order chi connectivity index (χ1) is 6.74. The van der Waals surface area contributed by atoms with Crippen molar-refractivity contribution in [1.29, 1.82) is 0 Å². The summed E-state index contributed by atoms with van der Waals surface area (Å²) in [6, 6.07) is 0.648. The molecule has 1 rings (SSSR count). The van der Waals surface area contributed by atoms with Crippen LogP contribution in [0, 0.1) is 5.92 Å². The molecule has 0 amide bonds. The van der Waals surface area contributed by atoms with Crippen LogP contribution in [0.3, 0.4) is 0 Å². The predicted molar refractivity (Wildman–Crippen MR) is 59.3 cm³/mol. The molecule has 0 aromatic heterocycles. The van der Waals surface area contributed by atoms with Crippen molar-refractivity contribution < 1.29 is 4.74 Å². The second-order valence-electron chi connectivity index (χ2n) is 4.49. The van der Waals surface area contributed by atoms with E-state index in [9.17, 15) is 0 Å². The fourth-order valence-electron chi connectivity index (χ4n) is 2.07. The van der Waals surface area contributed by atoms with Crippen molar-refractivity contribution in [2.45, 2.75) is 32.2 Å². The highest BCUT2D eigenvalue weighted by Crippen LogP contribution is 2.14. The SMILES string of the molecule is CC(CCCN)CN(C)C1CCOC1. The van der Waals surface area contributed by atoms with E-state index in [0.29, 0.717) is 6.04 Å². The number of ether oxygens (including phenoxy) is 1. The molecule has 1 fully saturated rings. The summed E-state index contributed by atoms with van der Waals surface area (Å²) in [4.78, 5) is 2.44. The van der Waals surface area contributed by atoms with Crippen molar-refractivity contribution >= 4 is 0 Å². The third-order valence-electron chi connectivity index (χ3n) is 3.03. The average Bonchev–Trinajstić information content (AvgIpc) is 2.67. The highest BCUT2D eigenvalue weighted by atomic mass is 16.5. The van der Waals surface area contributed by atoms with Crippen molar-refractivity contribution in [3.63, 3.8) is 0 Å². The summed E-state index contributed by atoms with van der Waals surface area (Å²) >= 11 is 0. The predicted octanol–water partition coefficient (Wildman–Crippen LogP) is 1.08. The molecule has 84 valence electrons. The lowest BCUT2D eigenvalue weighted by molar-refractivity contribution is 0.149. The average molecular weight is 200 g/mol. The van der Waals surface area contributed by atoms with Gasteiger partial charge in [-0.15, -0.1) is 0 Å². The van der Waals surface area contributed by atoms with Crippen molar-refractivity contribution in [2.75, 3.05) is 33.4 Å². The Balaban J connectivity index is 2.14. The number of hydrogen-bond donors (Lipinski definition) is 1. The molecule has 3 heteroatoms. The zero-order valence-corrected chi connectivity index (χ0v) is 9.54. The number of nitrogens with two attached hydrogens (primary N) is 1. The molecule has 2 atom stereocenters. The highest BCUT2D eigenvalue weighted by Gasteiger charge is 2.20. The van der Waals surface area contributed by atoms with Crippen LogP contribution in [0.2, 0.25) is 0 Å². The van der Waals surface area contributed by atoms with Crippen LogP contribution in [0.25, 0.3) is 0 Å². The van der Waals surface area contributed by atoms with Gasteiger partial charge in [-0.25, -0.2) is 0 Å². The zero-order chi connectivity index (χ0) is 10.4. The van der Waals surface area contributed by atoms with Gasteiger partial charge in [-0.1, -0.05) is 6.92 Å². The summed E-state index contributed by atoms with van der Waals surface area (Å²) < 4.78 is 5.38. The summed E-state index contributed by atoms with van der Waals surface area (Å²) in [5, 5.41) is 0. The first-order valence-electron chi connectivity index (χ1n) is 5.72. The molecular weight excluding hydrogens is 176 g/mol. The summed E-state index contributed by atoms with van der Waals surface area (Å²) in [7, 11) is 2.21. The van der Waals surface area contributed by atoms with Gasteiger partial charge < -0.3 is 15.4 Å². The largest absolute Gasteiger partial charge is 0.380 e. The van der Waals surface area contributed by atoms with E-state index >= 15 is 0 Å². The van der Waals surface area contributed by atoms with Crippen LogP contribution in [-0.4, -0.2) is 44.3 Å². The van der Waals surface area contributed by atoms with E-state index in [1.165, 1.54) is 19.4 Å². The molecule has 1 aliphatic rings. The van der Waals surface area contributed by atoms with Gasteiger partial charge in [0.2, 0.25) is 0 Å². The normalized spacial score (nSPS) is 24.4. The lowest BCUT2D eigenvalue weighted by atomic mass is 10.0. The topological polar surface area (TPSA) is 38.5 Å². The van der Waals surface area contributed by atoms with E-state index < -0.39 is 0 Å². The Bertz CT molecular complexity index is 146. The van der Waals surface area contributed by atoms with Gasteiger partial charge in [0.1, 0.15) is 0 Å². The lowest BCUT2D eigenvalue weighted by Gasteiger charge is -2.26. The molecule has 0 bridgehead atoms. The smallest absolute Gasteiger partial charge is 0.0622 e. The Hall–Kier alpha value is -0.120. The second kappa shape index (κ2) is 6.38. The van der Waals surface area contributed by atoms with Gasteiger partial charge in [-0.2, -0.15) is 0 Å². The molecule has 1 saturated heterocycles. The Morgan fingerprint density at radius 2 is 2.36 bits per heavy atom. The fourth-order valence-corrected chi connectivity index (χ4v) is 2.07. The molecule has 0 aliphatic carbocycles. The van der Waals surface area contributed by atoms with Crippen LogP contribution < -0.4 is 5.73 Å². The van der Waals surface area contributed by atoms with Crippen LogP contribution in [0.5, 0.6) is 0 Å². The molecule has 0 saturated carbocycles. The lowest BCUT2D eigenvalue weighted by Crippen LogP contribution is -2.35. The minimum absolute atomic E-state index is 0.648. The number of rotatable bonds is 6. The quantitative estimate of drug-likeness (QED) is 0.697. The molecular formula is C11H24N2O. The van der Waals surface area contributed by atoms with Gasteiger partial charge in [-0.05, 0) is 38.8 Å². The van der Waals surface area contributed by atoms with Crippen molar-refractivity contribution in [2.24, 2.45) is 11.7 Å². The standard InChI is InChI=1S/C11H24N2O/c1-10(4-3-6-12)8-13(2)11-5-7-14-9-11/h10-11H,3-9,12H2,1-2H3. The maximum atomic E-state index is 5.50. The Morgan fingerprint density at radius 3 is 2.93 bits per heavy atom. The maximum absolute atomic E-state index is 5.50. The van der Waals surface area contributed by atoms with Crippen molar-refractivity contribution in [3.05, 3.63) is 0 Å². The van der Waals surface area contributed by atoms with Crippen LogP contribution >= 0.6 is 0 Å². The van der Waals surface area contributed by atoms with E-state index in [1.807, 2.05) is 0 Å². The number of nitrogens with zero attached hydrogens (tertiary/aromatic N) is 1.